The molecular weight excluding hydrogens is 360 g/mol. The van der Waals surface area contributed by atoms with Gasteiger partial charge in [0.15, 0.2) is 6.61 Å². The molecule has 1 unspecified atom stereocenters. The molecule has 1 atom stereocenters. The lowest BCUT2D eigenvalue weighted by Gasteiger charge is -2.16. The van der Waals surface area contributed by atoms with Crippen LogP contribution in [0.2, 0.25) is 0 Å². The van der Waals surface area contributed by atoms with Crippen molar-refractivity contribution in [3.8, 4) is 5.75 Å². The van der Waals surface area contributed by atoms with Gasteiger partial charge in [-0.25, -0.2) is 4.79 Å². The second kappa shape index (κ2) is 9.03. The third kappa shape index (κ3) is 5.09. The molecule has 1 aliphatic heterocycles. The number of carbonyl (C=O) groups is 3. The van der Waals surface area contributed by atoms with Gasteiger partial charge in [0, 0.05) is 31.3 Å². The standard InChI is InChI=1S/C21H22N2O5/c1-27-20(25)14-28-18-9-5-8-17(11-18)22-21(26)16-10-19(24)23(13-16)12-15-6-3-2-4-7-15/h2-9,11,16H,10,12-14H2,1H3,(H,22,26). The predicted octanol–water partition coefficient (Wildman–Crippen LogP) is 2.23. The van der Waals surface area contributed by atoms with E-state index in [0.29, 0.717) is 24.5 Å². The highest BCUT2D eigenvalue weighted by Crippen LogP contribution is 2.23. The van der Waals surface area contributed by atoms with Crippen LogP contribution in [0.25, 0.3) is 0 Å². The van der Waals surface area contributed by atoms with Gasteiger partial charge in [0.1, 0.15) is 5.75 Å². The zero-order chi connectivity index (χ0) is 19.9. The van der Waals surface area contributed by atoms with Crippen molar-refractivity contribution >= 4 is 23.5 Å². The molecule has 0 aliphatic carbocycles. The minimum absolute atomic E-state index is 0.0286. The first-order valence-electron chi connectivity index (χ1n) is 8.97. The molecule has 0 saturated carbocycles. The Morgan fingerprint density at radius 1 is 1.14 bits per heavy atom. The van der Waals surface area contributed by atoms with E-state index in [0.717, 1.165) is 5.56 Å². The maximum atomic E-state index is 12.6. The lowest BCUT2D eigenvalue weighted by atomic mass is 10.1. The highest BCUT2D eigenvalue weighted by atomic mass is 16.6. The fourth-order valence-electron chi connectivity index (χ4n) is 3.01. The number of methoxy groups -OCH3 is 1. The summed E-state index contributed by atoms with van der Waals surface area (Å²) in [4.78, 5) is 37.7. The number of nitrogens with one attached hydrogen (secondary N) is 1. The molecule has 1 aliphatic rings. The van der Waals surface area contributed by atoms with E-state index in [1.807, 2.05) is 30.3 Å². The molecule has 0 bridgehead atoms. The Balaban J connectivity index is 1.56. The molecule has 0 spiro atoms. The van der Waals surface area contributed by atoms with E-state index in [1.165, 1.54) is 7.11 Å². The van der Waals surface area contributed by atoms with Gasteiger partial charge in [-0.15, -0.1) is 0 Å². The van der Waals surface area contributed by atoms with Crippen LogP contribution in [0.5, 0.6) is 5.75 Å². The van der Waals surface area contributed by atoms with Crippen LogP contribution >= 0.6 is 0 Å². The fourth-order valence-corrected chi connectivity index (χ4v) is 3.01. The summed E-state index contributed by atoms with van der Waals surface area (Å²) in [6.07, 6.45) is 0.192. The van der Waals surface area contributed by atoms with Gasteiger partial charge >= 0.3 is 5.97 Å². The highest BCUT2D eigenvalue weighted by molar-refractivity contribution is 5.97. The molecule has 1 N–H and O–H groups in total. The zero-order valence-corrected chi connectivity index (χ0v) is 15.6. The molecule has 7 heteroatoms. The summed E-state index contributed by atoms with van der Waals surface area (Å²) in [5.74, 6) is -0.696. The Bertz CT molecular complexity index is 853. The van der Waals surface area contributed by atoms with Crippen LogP contribution in [0.15, 0.2) is 54.6 Å². The van der Waals surface area contributed by atoms with Crippen molar-refractivity contribution < 1.29 is 23.9 Å². The number of likely N-dealkylation sites (tertiary alicyclic amines) is 1. The monoisotopic (exact) mass is 382 g/mol. The van der Waals surface area contributed by atoms with E-state index in [1.54, 1.807) is 29.2 Å². The van der Waals surface area contributed by atoms with E-state index < -0.39 is 11.9 Å². The number of carbonyl (C=O) groups excluding carboxylic acids is 3. The van der Waals surface area contributed by atoms with Gasteiger partial charge in [0.2, 0.25) is 11.8 Å². The number of rotatable bonds is 7. The maximum Gasteiger partial charge on any atom is 0.343 e. The van der Waals surface area contributed by atoms with E-state index in [9.17, 15) is 14.4 Å². The molecular formula is C21H22N2O5. The summed E-state index contributed by atoms with van der Waals surface area (Å²) in [6.45, 7) is 0.678. The van der Waals surface area contributed by atoms with Crippen LogP contribution in [-0.4, -0.2) is 42.9 Å². The van der Waals surface area contributed by atoms with Gasteiger partial charge in [-0.1, -0.05) is 36.4 Å². The predicted molar refractivity (Wildman–Crippen MR) is 103 cm³/mol. The number of anilines is 1. The average Bonchev–Trinajstić information content (AvgIpc) is 3.07. The second-order valence-electron chi connectivity index (χ2n) is 6.54. The molecule has 28 heavy (non-hydrogen) atoms. The fraction of sp³-hybridized carbons (Fsp3) is 0.286. The van der Waals surface area contributed by atoms with Crippen molar-refractivity contribution in [2.45, 2.75) is 13.0 Å². The number of amides is 2. The minimum atomic E-state index is -0.489. The second-order valence-corrected chi connectivity index (χ2v) is 6.54. The number of nitrogens with zero attached hydrogens (tertiary/aromatic N) is 1. The SMILES string of the molecule is COC(=O)COc1cccc(NC(=O)C2CC(=O)N(Cc3ccccc3)C2)c1. The van der Waals surface area contributed by atoms with Gasteiger partial charge in [-0.2, -0.15) is 0 Å². The lowest BCUT2D eigenvalue weighted by Crippen LogP contribution is -2.28. The smallest absolute Gasteiger partial charge is 0.343 e. The number of hydrogen-bond acceptors (Lipinski definition) is 5. The maximum absolute atomic E-state index is 12.6. The van der Waals surface area contributed by atoms with Gasteiger partial charge in [0.05, 0.1) is 13.0 Å². The summed E-state index contributed by atoms with van der Waals surface area (Å²) >= 11 is 0. The van der Waals surface area contributed by atoms with Crippen LogP contribution < -0.4 is 10.1 Å². The Kier molecular flexibility index (Phi) is 6.26. The molecule has 2 aromatic carbocycles. The molecule has 2 amide bonds. The molecule has 7 nitrogen and oxygen atoms in total. The molecule has 1 fully saturated rings. The molecule has 0 radical (unpaired) electrons. The van der Waals surface area contributed by atoms with Crippen LogP contribution in [0.4, 0.5) is 5.69 Å². The van der Waals surface area contributed by atoms with E-state index >= 15 is 0 Å². The van der Waals surface area contributed by atoms with Crippen LogP contribution in [0.1, 0.15) is 12.0 Å². The van der Waals surface area contributed by atoms with Gasteiger partial charge in [-0.05, 0) is 17.7 Å². The Hall–Kier alpha value is -3.35. The van der Waals surface area contributed by atoms with Crippen LogP contribution in [0.3, 0.4) is 0 Å². The summed E-state index contributed by atoms with van der Waals surface area (Å²) in [6, 6.07) is 16.4. The van der Waals surface area contributed by atoms with Crippen molar-refractivity contribution in [3.63, 3.8) is 0 Å². The van der Waals surface area contributed by atoms with Crippen LogP contribution in [0, 0.1) is 5.92 Å². The number of ether oxygens (including phenoxy) is 2. The molecule has 0 aromatic heterocycles. The first-order chi connectivity index (χ1) is 13.5. The van der Waals surface area contributed by atoms with Crippen molar-refractivity contribution in [2.24, 2.45) is 5.92 Å². The average molecular weight is 382 g/mol. The van der Waals surface area contributed by atoms with E-state index in [4.69, 9.17) is 4.74 Å². The third-order valence-electron chi connectivity index (χ3n) is 4.49. The minimum Gasteiger partial charge on any atom is -0.482 e. The molecule has 1 saturated heterocycles. The summed E-state index contributed by atoms with van der Waals surface area (Å²) in [5, 5.41) is 2.82. The quantitative estimate of drug-likeness (QED) is 0.743. The first kappa shape index (κ1) is 19.4. The number of esters is 1. The molecule has 3 rings (SSSR count). The summed E-state index contributed by atoms with van der Waals surface area (Å²) in [5.41, 5.74) is 1.58. The van der Waals surface area contributed by atoms with E-state index in [-0.39, 0.29) is 24.8 Å². The Labute approximate surface area is 163 Å². The van der Waals surface area contributed by atoms with Crippen LogP contribution in [-0.2, 0) is 25.7 Å². The highest BCUT2D eigenvalue weighted by Gasteiger charge is 2.34. The van der Waals surface area contributed by atoms with Gasteiger partial charge in [-0.3, -0.25) is 9.59 Å². The first-order valence-corrected chi connectivity index (χ1v) is 8.97. The molecule has 1 heterocycles. The number of hydrogen-bond donors (Lipinski definition) is 1. The topological polar surface area (TPSA) is 84.9 Å². The van der Waals surface area contributed by atoms with Gasteiger partial charge < -0.3 is 19.7 Å². The zero-order valence-electron chi connectivity index (χ0n) is 15.6. The Morgan fingerprint density at radius 3 is 2.68 bits per heavy atom. The summed E-state index contributed by atoms with van der Waals surface area (Å²) < 4.78 is 9.85. The summed E-state index contributed by atoms with van der Waals surface area (Å²) in [7, 11) is 1.28. The number of benzene rings is 2. The van der Waals surface area contributed by atoms with E-state index in [2.05, 4.69) is 10.1 Å². The largest absolute Gasteiger partial charge is 0.482 e. The van der Waals surface area contributed by atoms with Crippen molar-refractivity contribution in [1.82, 2.24) is 4.90 Å². The van der Waals surface area contributed by atoms with Gasteiger partial charge in [0.25, 0.3) is 0 Å². The Morgan fingerprint density at radius 2 is 1.93 bits per heavy atom. The van der Waals surface area contributed by atoms with Crippen molar-refractivity contribution in [2.75, 3.05) is 25.6 Å². The molecule has 2 aromatic rings. The van der Waals surface area contributed by atoms with Crippen molar-refractivity contribution in [1.29, 1.82) is 0 Å². The molecule has 146 valence electrons. The third-order valence-corrected chi connectivity index (χ3v) is 4.49. The van der Waals surface area contributed by atoms with Crippen molar-refractivity contribution in [3.05, 3.63) is 60.2 Å². The lowest BCUT2D eigenvalue weighted by molar-refractivity contribution is -0.143. The normalized spacial score (nSPS) is 16.0.